The third-order valence-corrected chi connectivity index (χ3v) is 12.3. The minimum Gasteiger partial charge on any atom is -0.462 e. The highest BCUT2D eigenvalue weighted by molar-refractivity contribution is 5.72. The number of hydrogen-bond acceptors (Lipinski definition) is 6. The molecule has 0 aromatic rings. The molecule has 0 N–H and O–H groups in total. The van der Waals surface area contributed by atoms with Gasteiger partial charge in [0, 0.05) is 12.8 Å². The Morgan fingerprint density at radius 2 is 0.606 bits per heavy atom. The van der Waals surface area contributed by atoms with E-state index in [1.807, 2.05) is 6.08 Å². The van der Waals surface area contributed by atoms with Crippen LogP contribution in [0.25, 0.3) is 0 Å². The van der Waals surface area contributed by atoms with Crippen molar-refractivity contribution < 1.29 is 28.6 Å². The van der Waals surface area contributed by atoms with Gasteiger partial charge >= 0.3 is 17.9 Å². The number of rotatable bonds is 52. The second-order valence-corrected chi connectivity index (χ2v) is 19.2. The lowest BCUT2D eigenvalue weighted by Gasteiger charge is -2.18. The number of carbonyl (C=O) groups is 3. The van der Waals surface area contributed by atoms with E-state index in [0.717, 1.165) is 96.3 Å². The monoisotopic (exact) mass is 985 g/mol. The van der Waals surface area contributed by atoms with Gasteiger partial charge in [0.05, 0.1) is 6.42 Å². The van der Waals surface area contributed by atoms with Crippen LogP contribution in [0.4, 0.5) is 0 Å². The maximum Gasteiger partial charge on any atom is 0.309 e. The standard InChI is InChI=1S/C65H108O6/c1-4-7-10-13-16-19-22-25-28-30-31-32-33-35-37-40-43-46-49-52-55-58-64(67)70-61-62(60-69-63(66)57-54-51-48-45-42-39-36-27-24-21-18-15-12-9-6-3)71-65(68)59-56-53-50-47-44-41-38-34-29-26-23-20-17-14-11-8-5-2/h9,12,18,21-22,25-27,29-31,33,35-36,42,45,51,54,62H,4-8,10-11,13-17,19-20,23-24,28,32,34,37-41,43-44,46-50,52-53,55-61H2,1-3H3/b12-9-,21-18-,25-22-,29-26-,31-30-,35-33-,36-27-,45-42-,54-51-. The van der Waals surface area contributed by atoms with Gasteiger partial charge in [0.25, 0.3) is 0 Å². The number of esters is 3. The minimum absolute atomic E-state index is 0.118. The molecule has 0 radical (unpaired) electrons. The van der Waals surface area contributed by atoms with E-state index < -0.39 is 12.1 Å². The van der Waals surface area contributed by atoms with Gasteiger partial charge in [-0.15, -0.1) is 0 Å². The van der Waals surface area contributed by atoms with Gasteiger partial charge in [-0.25, -0.2) is 0 Å². The van der Waals surface area contributed by atoms with Crippen LogP contribution in [-0.2, 0) is 28.6 Å². The van der Waals surface area contributed by atoms with Crippen molar-refractivity contribution >= 4 is 17.9 Å². The van der Waals surface area contributed by atoms with Gasteiger partial charge in [-0.2, -0.15) is 0 Å². The van der Waals surface area contributed by atoms with Gasteiger partial charge in [-0.3, -0.25) is 14.4 Å². The first kappa shape index (κ1) is 67.1. The molecule has 0 rings (SSSR count). The quantitative estimate of drug-likeness (QED) is 0.0261. The van der Waals surface area contributed by atoms with Crippen LogP contribution in [0.2, 0.25) is 0 Å². The van der Waals surface area contributed by atoms with Crippen LogP contribution in [0.3, 0.4) is 0 Å². The van der Waals surface area contributed by atoms with Crippen LogP contribution < -0.4 is 0 Å². The van der Waals surface area contributed by atoms with Crippen LogP contribution in [0, 0.1) is 0 Å². The SMILES string of the molecule is CC/C=C\C/C=C\C/C=C\C/C=C\C/C=C\CC(=O)OCC(COC(=O)CCCCCCCC/C=C\C/C=C\C/C=C\CCCCCCC)OC(=O)CCCCCCCCC/C=C\CCCCCCCC. The lowest BCUT2D eigenvalue weighted by Crippen LogP contribution is -2.30. The molecule has 6 heteroatoms. The smallest absolute Gasteiger partial charge is 0.309 e. The van der Waals surface area contributed by atoms with E-state index in [2.05, 4.69) is 118 Å². The molecule has 0 fully saturated rings. The highest BCUT2D eigenvalue weighted by atomic mass is 16.6. The van der Waals surface area contributed by atoms with Gasteiger partial charge in [-0.1, -0.05) is 246 Å². The van der Waals surface area contributed by atoms with E-state index in [-0.39, 0.29) is 31.6 Å². The van der Waals surface area contributed by atoms with Gasteiger partial charge in [0.2, 0.25) is 0 Å². The van der Waals surface area contributed by atoms with Crippen LogP contribution >= 0.6 is 0 Å². The Labute approximate surface area is 438 Å². The molecule has 0 bridgehead atoms. The number of ether oxygens (including phenoxy) is 3. The predicted octanol–water partition coefficient (Wildman–Crippen LogP) is 19.9. The summed E-state index contributed by atoms with van der Waals surface area (Å²) in [6.07, 6.45) is 79.6. The van der Waals surface area contributed by atoms with Gasteiger partial charge in [-0.05, 0) is 109 Å². The number of unbranched alkanes of at least 4 members (excludes halogenated alkanes) is 24. The Morgan fingerprint density at radius 1 is 0.310 bits per heavy atom. The van der Waals surface area contributed by atoms with E-state index in [1.165, 1.54) is 128 Å². The highest BCUT2D eigenvalue weighted by Crippen LogP contribution is 2.14. The Kier molecular flexibility index (Phi) is 55.4. The second-order valence-electron chi connectivity index (χ2n) is 19.2. The molecule has 0 aliphatic rings. The van der Waals surface area contributed by atoms with Gasteiger partial charge < -0.3 is 14.2 Å². The van der Waals surface area contributed by atoms with Crippen LogP contribution in [0.5, 0.6) is 0 Å². The largest absolute Gasteiger partial charge is 0.462 e. The first-order valence-corrected chi connectivity index (χ1v) is 29.4. The predicted molar refractivity (Wildman–Crippen MR) is 307 cm³/mol. The van der Waals surface area contributed by atoms with Crippen LogP contribution in [0.15, 0.2) is 109 Å². The van der Waals surface area contributed by atoms with Crippen molar-refractivity contribution in [3.8, 4) is 0 Å². The van der Waals surface area contributed by atoms with Crippen molar-refractivity contribution in [1.82, 2.24) is 0 Å². The molecule has 0 amide bonds. The Morgan fingerprint density at radius 3 is 1.00 bits per heavy atom. The highest BCUT2D eigenvalue weighted by Gasteiger charge is 2.19. The molecule has 0 spiro atoms. The molecule has 0 aliphatic heterocycles. The van der Waals surface area contributed by atoms with E-state index in [4.69, 9.17) is 14.2 Å². The summed E-state index contributed by atoms with van der Waals surface area (Å²) in [5, 5.41) is 0. The number of hydrogen-bond donors (Lipinski definition) is 0. The normalized spacial score (nSPS) is 12.9. The van der Waals surface area contributed by atoms with Crippen LogP contribution in [-0.4, -0.2) is 37.2 Å². The van der Waals surface area contributed by atoms with Crippen molar-refractivity contribution in [1.29, 1.82) is 0 Å². The maximum absolute atomic E-state index is 12.9. The average molecular weight is 986 g/mol. The molecule has 1 unspecified atom stereocenters. The molecule has 0 saturated carbocycles. The molecule has 404 valence electrons. The summed E-state index contributed by atoms with van der Waals surface area (Å²) >= 11 is 0. The van der Waals surface area contributed by atoms with Crippen LogP contribution in [0.1, 0.15) is 265 Å². The third-order valence-electron chi connectivity index (χ3n) is 12.3. The van der Waals surface area contributed by atoms with Crippen molar-refractivity contribution in [2.45, 2.75) is 271 Å². The zero-order valence-electron chi connectivity index (χ0n) is 46.2. The van der Waals surface area contributed by atoms with Crippen molar-refractivity contribution in [2.24, 2.45) is 0 Å². The lowest BCUT2D eigenvalue weighted by atomic mass is 10.1. The Bertz CT molecular complexity index is 1460. The zero-order chi connectivity index (χ0) is 51.4. The molecule has 0 aromatic carbocycles. The fourth-order valence-electron chi connectivity index (χ4n) is 7.87. The second kappa shape index (κ2) is 58.6. The first-order chi connectivity index (χ1) is 35.0. The summed E-state index contributed by atoms with van der Waals surface area (Å²) in [7, 11) is 0. The van der Waals surface area contributed by atoms with E-state index in [9.17, 15) is 14.4 Å². The molecule has 0 saturated heterocycles. The van der Waals surface area contributed by atoms with Crippen molar-refractivity contribution in [3.05, 3.63) is 109 Å². The fourth-order valence-corrected chi connectivity index (χ4v) is 7.87. The average Bonchev–Trinajstić information content (AvgIpc) is 3.37. The lowest BCUT2D eigenvalue weighted by molar-refractivity contribution is -0.166. The summed E-state index contributed by atoms with van der Waals surface area (Å²) < 4.78 is 16.8. The molecule has 6 nitrogen and oxygen atoms in total. The van der Waals surface area contributed by atoms with Gasteiger partial charge in [0.1, 0.15) is 13.2 Å². The van der Waals surface area contributed by atoms with E-state index >= 15 is 0 Å². The summed E-state index contributed by atoms with van der Waals surface area (Å²) in [6.45, 7) is 6.41. The minimum atomic E-state index is -0.828. The van der Waals surface area contributed by atoms with Crippen molar-refractivity contribution in [2.75, 3.05) is 13.2 Å². The molecule has 0 aromatic heterocycles. The maximum atomic E-state index is 12.9. The molecular formula is C65H108O6. The number of allylic oxidation sites excluding steroid dienone is 17. The summed E-state index contributed by atoms with van der Waals surface area (Å²) in [4.78, 5) is 38.1. The Balaban J connectivity index is 4.50. The van der Waals surface area contributed by atoms with E-state index in [0.29, 0.717) is 12.8 Å². The van der Waals surface area contributed by atoms with Crippen molar-refractivity contribution in [3.63, 3.8) is 0 Å². The molecule has 1 atom stereocenters. The van der Waals surface area contributed by atoms with Gasteiger partial charge in [0.15, 0.2) is 6.10 Å². The molecule has 0 heterocycles. The fraction of sp³-hybridized carbons (Fsp3) is 0.677. The summed E-state index contributed by atoms with van der Waals surface area (Å²) in [5.74, 6) is -1.07. The van der Waals surface area contributed by atoms with E-state index in [1.54, 1.807) is 6.08 Å². The summed E-state index contributed by atoms with van der Waals surface area (Å²) in [5.41, 5.74) is 0. The Hall–Kier alpha value is -3.93. The first-order valence-electron chi connectivity index (χ1n) is 29.4. The topological polar surface area (TPSA) is 78.9 Å². The molecule has 71 heavy (non-hydrogen) atoms. The molecular weight excluding hydrogens is 877 g/mol. The summed E-state index contributed by atoms with van der Waals surface area (Å²) in [6, 6.07) is 0. The number of carbonyl (C=O) groups excluding carboxylic acids is 3. The zero-order valence-corrected chi connectivity index (χ0v) is 46.2. The third kappa shape index (κ3) is 56.9. The molecule has 0 aliphatic carbocycles.